The monoisotopic (exact) mass is 341 g/mol. The first-order chi connectivity index (χ1) is 10.9. The Labute approximate surface area is 137 Å². The number of benzene rings is 1. The summed E-state index contributed by atoms with van der Waals surface area (Å²) in [6.07, 6.45) is 0.810. The van der Waals surface area contributed by atoms with Crippen molar-refractivity contribution in [2.45, 2.75) is 31.8 Å². The van der Waals surface area contributed by atoms with Crippen molar-refractivity contribution in [3.05, 3.63) is 35.2 Å². The van der Waals surface area contributed by atoms with Gasteiger partial charge in [0.15, 0.2) is 5.79 Å². The first kappa shape index (κ1) is 16.3. The summed E-state index contributed by atoms with van der Waals surface area (Å²) in [5, 5.41) is 18.6. The molecule has 2 heterocycles. The van der Waals surface area contributed by atoms with Gasteiger partial charge in [-0.2, -0.15) is 0 Å². The van der Waals surface area contributed by atoms with E-state index >= 15 is 0 Å². The highest BCUT2D eigenvalue weighted by atomic mass is 35.5. The van der Waals surface area contributed by atoms with Crippen molar-refractivity contribution in [1.82, 2.24) is 15.0 Å². The number of aromatic nitrogens is 3. The van der Waals surface area contributed by atoms with Gasteiger partial charge in [-0.1, -0.05) is 16.8 Å². The molecule has 1 aliphatic rings. The number of nitrogens with zero attached hydrogens (tertiary/aromatic N) is 3. The van der Waals surface area contributed by atoms with E-state index in [1.807, 2.05) is 0 Å². The predicted molar refractivity (Wildman–Crippen MR) is 81.5 cm³/mol. The van der Waals surface area contributed by atoms with Crippen LogP contribution in [0.3, 0.4) is 0 Å². The summed E-state index contributed by atoms with van der Waals surface area (Å²) < 4.78 is 26.0. The summed E-state index contributed by atoms with van der Waals surface area (Å²) in [4.78, 5) is 0. The van der Waals surface area contributed by atoms with Gasteiger partial charge in [-0.05, 0) is 32.0 Å². The Balaban J connectivity index is 1.88. The van der Waals surface area contributed by atoms with E-state index in [2.05, 4.69) is 10.3 Å². The maximum Gasteiger partial charge on any atom is 0.162 e. The van der Waals surface area contributed by atoms with Crippen molar-refractivity contribution in [2.75, 3.05) is 13.2 Å². The molecule has 1 aliphatic heterocycles. The van der Waals surface area contributed by atoms with E-state index in [-0.39, 0.29) is 13.2 Å². The van der Waals surface area contributed by atoms with Crippen molar-refractivity contribution < 1.29 is 19.0 Å². The molecule has 0 radical (unpaired) electrons. The molecule has 0 unspecified atom stereocenters. The Kier molecular flexibility index (Phi) is 4.37. The molecule has 8 heteroatoms. The van der Waals surface area contributed by atoms with Crippen molar-refractivity contribution in [2.24, 2.45) is 0 Å². The van der Waals surface area contributed by atoms with Gasteiger partial charge in [0.2, 0.25) is 0 Å². The number of rotatable bonds is 2. The van der Waals surface area contributed by atoms with Gasteiger partial charge in [0, 0.05) is 5.56 Å². The molecule has 1 aromatic carbocycles. The van der Waals surface area contributed by atoms with Crippen LogP contribution in [0.25, 0.3) is 11.3 Å². The van der Waals surface area contributed by atoms with E-state index in [1.165, 1.54) is 22.9 Å². The highest BCUT2D eigenvalue weighted by Gasteiger charge is 2.33. The Bertz CT molecular complexity index is 707. The van der Waals surface area contributed by atoms with Crippen LogP contribution in [0, 0.1) is 5.82 Å². The lowest BCUT2D eigenvalue weighted by molar-refractivity contribution is -0.204. The van der Waals surface area contributed by atoms with Crippen LogP contribution in [-0.2, 0) is 9.47 Å². The molecular formula is C15H17ClFN3O3. The maximum absolute atomic E-state index is 13.4. The second kappa shape index (κ2) is 6.16. The van der Waals surface area contributed by atoms with Gasteiger partial charge in [0.25, 0.3) is 0 Å². The van der Waals surface area contributed by atoms with Gasteiger partial charge in [-0.15, -0.1) is 5.10 Å². The highest BCUT2D eigenvalue weighted by molar-refractivity contribution is 6.33. The molecule has 0 saturated carbocycles. The molecule has 1 N–H and O–H groups in total. The van der Waals surface area contributed by atoms with E-state index < -0.39 is 23.8 Å². The highest BCUT2D eigenvalue weighted by Crippen LogP contribution is 2.29. The third-order valence-corrected chi connectivity index (χ3v) is 4.03. The number of hydrogen-bond acceptors (Lipinski definition) is 5. The molecule has 1 fully saturated rings. The molecular weight excluding hydrogens is 325 g/mol. The summed E-state index contributed by atoms with van der Waals surface area (Å²) >= 11 is 6.08. The van der Waals surface area contributed by atoms with Crippen LogP contribution < -0.4 is 0 Å². The van der Waals surface area contributed by atoms with Crippen LogP contribution in [0.5, 0.6) is 0 Å². The predicted octanol–water partition coefficient (Wildman–Crippen LogP) is 2.42. The normalized spacial score (nSPS) is 24.4. The molecule has 3 rings (SSSR count). The third-order valence-electron chi connectivity index (χ3n) is 3.70. The zero-order valence-corrected chi connectivity index (χ0v) is 13.5. The van der Waals surface area contributed by atoms with E-state index in [9.17, 15) is 9.50 Å². The first-order valence-corrected chi connectivity index (χ1v) is 7.57. The van der Waals surface area contributed by atoms with Crippen LogP contribution in [0.1, 0.15) is 19.9 Å². The van der Waals surface area contributed by atoms with Crippen LogP contribution in [0.2, 0.25) is 5.02 Å². The number of aliphatic hydroxyl groups is 1. The van der Waals surface area contributed by atoms with Crippen LogP contribution in [0.4, 0.5) is 4.39 Å². The molecule has 1 aromatic heterocycles. The number of halogens is 2. The van der Waals surface area contributed by atoms with Crippen molar-refractivity contribution in [3.8, 4) is 11.3 Å². The largest absolute Gasteiger partial charge is 0.388 e. The summed E-state index contributed by atoms with van der Waals surface area (Å²) in [5.74, 6) is -1.18. The fraction of sp³-hybridized carbons (Fsp3) is 0.467. The Morgan fingerprint density at radius 1 is 1.35 bits per heavy atom. The molecule has 1 saturated heterocycles. The summed E-state index contributed by atoms with van der Waals surface area (Å²) in [6.45, 7) is 3.89. The topological polar surface area (TPSA) is 69.4 Å². The zero-order valence-electron chi connectivity index (χ0n) is 12.7. The first-order valence-electron chi connectivity index (χ1n) is 7.19. The van der Waals surface area contributed by atoms with Crippen molar-refractivity contribution in [3.63, 3.8) is 0 Å². The lowest BCUT2D eigenvalue weighted by Crippen LogP contribution is -2.29. The number of ether oxygens (including phenoxy) is 2. The number of aliphatic hydroxyl groups excluding tert-OH is 1. The minimum Gasteiger partial charge on any atom is -0.388 e. The third kappa shape index (κ3) is 3.53. The Hall–Kier alpha value is -1.54. The second-order valence-electron chi connectivity index (χ2n) is 5.86. The van der Waals surface area contributed by atoms with Crippen LogP contribution >= 0.6 is 11.6 Å². The standard InChI is InChI=1S/C15H17ClFN3O3/c1-15(2)22-7-13(14(21)8-23-15)20-6-12(18-19-20)10-5-9(17)3-4-11(10)16/h3-6,13-14,21H,7-8H2,1-2H3/t13-,14-/m1/s1. The van der Waals surface area contributed by atoms with Crippen molar-refractivity contribution >= 4 is 11.6 Å². The Morgan fingerprint density at radius 3 is 2.87 bits per heavy atom. The molecule has 23 heavy (non-hydrogen) atoms. The molecule has 124 valence electrons. The van der Waals surface area contributed by atoms with Gasteiger partial charge in [0.1, 0.15) is 23.7 Å². The fourth-order valence-electron chi connectivity index (χ4n) is 2.34. The minimum atomic E-state index is -0.797. The molecule has 2 atom stereocenters. The second-order valence-corrected chi connectivity index (χ2v) is 6.27. The van der Waals surface area contributed by atoms with E-state index in [0.29, 0.717) is 16.3 Å². The van der Waals surface area contributed by atoms with E-state index in [4.69, 9.17) is 21.1 Å². The van der Waals surface area contributed by atoms with Gasteiger partial charge < -0.3 is 14.6 Å². The smallest absolute Gasteiger partial charge is 0.162 e. The average molecular weight is 342 g/mol. The molecule has 0 bridgehead atoms. The SMILES string of the molecule is CC1(C)OC[C@@H](O)[C@H](n2cc(-c3cc(F)ccc3Cl)nn2)CO1. The Morgan fingerprint density at radius 2 is 2.09 bits per heavy atom. The van der Waals surface area contributed by atoms with E-state index in [1.54, 1.807) is 20.0 Å². The fourth-order valence-corrected chi connectivity index (χ4v) is 2.56. The molecule has 6 nitrogen and oxygen atoms in total. The lowest BCUT2D eigenvalue weighted by atomic mass is 10.1. The lowest BCUT2D eigenvalue weighted by Gasteiger charge is -2.22. The van der Waals surface area contributed by atoms with Crippen molar-refractivity contribution in [1.29, 1.82) is 0 Å². The summed E-state index contributed by atoms with van der Waals surface area (Å²) in [6, 6.07) is 3.58. The van der Waals surface area contributed by atoms with E-state index in [0.717, 1.165) is 0 Å². The van der Waals surface area contributed by atoms with Gasteiger partial charge >= 0.3 is 0 Å². The molecule has 0 spiro atoms. The molecule has 2 aromatic rings. The summed E-state index contributed by atoms with van der Waals surface area (Å²) in [7, 11) is 0. The van der Waals surface area contributed by atoms with Crippen LogP contribution in [0.15, 0.2) is 24.4 Å². The number of hydrogen-bond donors (Lipinski definition) is 1. The summed E-state index contributed by atoms with van der Waals surface area (Å²) in [5.41, 5.74) is 0.865. The maximum atomic E-state index is 13.4. The quantitative estimate of drug-likeness (QED) is 0.908. The van der Waals surface area contributed by atoms with Gasteiger partial charge in [-0.3, -0.25) is 0 Å². The van der Waals surface area contributed by atoms with Crippen LogP contribution in [-0.4, -0.2) is 45.2 Å². The zero-order chi connectivity index (χ0) is 16.6. The average Bonchev–Trinajstić information content (AvgIpc) is 2.92. The molecule has 0 aliphatic carbocycles. The van der Waals surface area contributed by atoms with Gasteiger partial charge in [-0.25, -0.2) is 9.07 Å². The van der Waals surface area contributed by atoms with Gasteiger partial charge in [0.05, 0.1) is 24.4 Å². The molecule has 0 amide bonds. The minimum absolute atomic E-state index is 0.119.